The average Bonchev–Trinajstić information content (AvgIpc) is 2.98. The summed E-state index contributed by atoms with van der Waals surface area (Å²) < 4.78 is 5.75. The molecule has 0 aromatic carbocycles. The molecule has 1 atom stereocenters. The summed E-state index contributed by atoms with van der Waals surface area (Å²) >= 11 is 0. The quantitative estimate of drug-likeness (QED) is 0.817. The molecule has 17 heavy (non-hydrogen) atoms. The molecule has 2 N–H and O–H groups in total. The van der Waals surface area contributed by atoms with E-state index in [1.54, 1.807) is 0 Å². The van der Waals surface area contributed by atoms with Crippen LogP contribution in [0.4, 0.5) is 5.95 Å². The van der Waals surface area contributed by atoms with E-state index in [0.717, 1.165) is 43.8 Å². The third-order valence-electron chi connectivity index (χ3n) is 3.12. The van der Waals surface area contributed by atoms with Gasteiger partial charge < -0.3 is 15.4 Å². The van der Waals surface area contributed by atoms with E-state index >= 15 is 0 Å². The van der Waals surface area contributed by atoms with E-state index in [1.165, 1.54) is 0 Å². The highest BCUT2D eigenvalue weighted by molar-refractivity contribution is 5.34. The number of aryl methyl sites for hydroxylation is 1. The van der Waals surface area contributed by atoms with Gasteiger partial charge in [-0.1, -0.05) is 0 Å². The number of hydrogen-bond donors (Lipinski definition) is 2. The van der Waals surface area contributed by atoms with Gasteiger partial charge in [0.25, 0.3) is 0 Å². The molecule has 0 amide bonds. The van der Waals surface area contributed by atoms with Gasteiger partial charge in [-0.25, -0.2) is 4.98 Å². The zero-order chi connectivity index (χ0) is 11.7. The summed E-state index contributed by atoms with van der Waals surface area (Å²) in [7, 11) is 0. The highest BCUT2D eigenvalue weighted by atomic mass is 16.5. The van der Waals surface area contributed by atoms with Gasteiger partial charge in [-0.05, 0) is 32.7 Å². The standard InChI is InChI=1S/C12H18N4O/c1-8-6-14-12(15-9-4-5-13-7-9)16-11(8)17-10-2-3-10/h6,9-10,13H,2-5,7H2,1H3,(H,14,15,16)/t9-/m1/s1. The van der Waals surface area contributed by atoms with Gasteiger partial charge in [-0.15, -0.1) is 0 Å². The molecule has 2 aliphatic rings. The van der Waals surface area contributed by atoms with Crippen molar-refractivity contribution < 1.29 is 4.74 Å². The van der Waals surface area contributed by atoms with Crippen LogP contribution in [0.5, 0.6) is 5.88 Å². The second-order valence-electron chi connectivity index (χ2n) is 4.83. The summed E-state index contributed by atoms with van der Waals surface area (Å²) in [6.07, 6.45) is 5.63. The summed E-state index contributed by atoms with van der Waals surface area (Å²) in [5.41, 5.74) is 1.01. The maximum absolute atomic E-state index is 5.75. The van der Waals surface area contributed by atoms with Crippen molar-refractivity contribution >= 4 is 5.95 Å². The molecule has 1 aliphatic carbocycles. The van der Waals surface area contributed by atoms with Crippen LogP contribution < -0.4 is 15.4 Å². The molecule has 1 aromatic heterocycles. The zero-order valence-corrected chi connectivity index (χ0v) is 10.1. The van der Waals surface area contributed by atoms with Gasteiger partial charge in [0, 0.05) is 24.3 Å². The lowest BCUT2D eigenvalue weighted by molar-refractivity contribution is 0.288. The molecule has 1 aromatic rings. The third-order valence-corrected chi connectivity index (χ3v) is 3.12. The van der Waals surface area contributed by atoms with Crippen LogP contribution in [-0.2, 0) is 0 Å². The Morgan fingerprint density at radius 2 is 2.29 bits per heavy atom. The molecular weight excluding hydrogens is 216 g/mol. The minimum atomic E-state index is 0.379. The highest BCUT2D eigenvalue weighted by Gasteiger charge is 2.25. The number of aromatic nitrogens is 2. The summed E-state index contributed by atoms with van der Waals surface area (Å²) in [5.74, 6) is 1.41. The SMILES string of the molecule is Cc1cnc(N[C@@H]2CCNC2)nc1OC1CC1. The highest BCUT2D eigenvalue weighted by Crippen LogP contribution is 2.27. The molecule has 0 radical (unpaired) electrons. The first-order valence-electron chi connectivity index (χ1n) is 6.29. The Morgan fingerprint density at radius 1 is 1.41 bits per heavy atom. The van der Waals surface area contributed by atoms with Gasteiger partial charge >= 0.3 is 0 Å². The summed E-state index contributed by atoms with van der Waals surface area (Å²) in [5, 5.41) is 6.65. The van der Waals surface area contributed by atoms with Crippen LogP contribution in [0.2, 0.25) is 0 Å². The first-order chi connectivity index (χ1) is 8.31. The van der Waals surface area contributed by atoms with E-state index in [4.69, 9.17) is 4.74 Å². The molecule has 0 bridgehead atoms. The average molecular weight is 234 g/mol. The molecule has 92 valence electrons. The van der Waals surface area contributed by atoms with E-state index < -0.39 is 0 Å². The number of nitrogens with zero attached hydrogens (tertiary/aromatic N) is 2. The van der Waals surface area contributed by atoms with E-state index in [9.17, 15) is 0 Å². The van der Waals surface area contributed by atoms with Crippen LogP contribution in [0, 0.1) is 6.92 Å². The Hall–Kier alpha value is -1.36. The summed E-state index contributed by atoms with van der Waals surface area (Å²) in [4.78, 5) is 8.74. The van der Waals surface area contributed by atoms with Gasteiger partial charge in [0.05, 0.1) is 0 Å². The maximum Gasteiger partial charge on any atom is 0.226 e. The summed E-state index contributed by atoms with van der Waals surface area (Å²) in [6, 6.07) is 0.437. The molecule has 2 fully saturated rings. The maximum atomic E-state index is 5.75. The van der Waals surface area contributed by atoms with Crippen LogP contribution in [0.1, 0.15) is 24.8 Å². The Bertz CT molecular complexity index is 399. The molecule has 5 nitrogen and oxygen atoms in total. The molecule has 1 aliphatic heterocycles. The third kappa shape index (κ3) is 2.66. The van der Waals surface area contributed by atoms with E-state index in [2.05, 4.69) is 20.6 Å². The van der Waals surface area contributed by atoms with Crippen molar-refractivity contribution in [2.45, 2.75) is 38.3 Å². The van der Waals surface area contributed by atoms with Gasteiger partial charge in [-0.2, -0.15) is 4.98 Å². The summed E-state index contributed by atoms with van der Waals surface area (Å²) in [6.45, 7) is 4.03. The van der Waals surface area contributed by atoms with Crippen LogP contribution in [0.15, 0.2) is 6.20 Å². The lowest BCUT2D eigenvalue weighted by Crippen LogP contribution is -2.23. The van der Waals surface area contributed by atoms with E-state index in [0.29, 0.717) is 18.1 Å². The minimum Gasteiger partial charge on any atom is -0.474 e. The second kappa shape index (κ2) is 4.49. The number of nitrogens with one attached hydrogen (secondary N) is 2. The first kappa shape index (κ1) is 10.8. The monoisotopic (exact) mass is 234 g/mol. The molecule has 2 heterocycles. The smallest absolute Gasteiger partial charge is 0.226 e. The van der Waals surface area contributed by atoms with Gasteiger partial charge in [0.15, 0.2) is 0 Å². The number of anilines is 1. The first-order valence-corrected chi connectivity index (χ1v) is 6.29. The molecule has 0 unspecified atom stereocenters. The van der Waals surface area contributed by atoms with Crippen molar-refractivity contribution in [3.8, 4) is 5.88 Å². The van der Waals surface area contributed by atoms with Crippen LogP contribution >= 0.6 is 0 Å². The van der Waals surface area contributed by atoms with Crippen LogP contribution in [0.3, 0.4) is 0 Å². The largest absolute Gasteiger partial charge is 0.474 e. The fourth-order valence-corrected chi connectivity index (χ4v) is 1.92. The predicted molar refractivity (Wildman–Crippen MR) is 65.3 cm³/mol. The lowest BCUT2D eigenvalue weighted by atomic mass is 10.3. The van der Waals surface area contributed by atoms with Gasteiger partial charge in [-0.3, -0.25) is 0 Å². The Labute approximate surface area is 101 Å². The van der Waals surface area contributed by atoms with E-state index in [-0.39, 0.29) is 0 Å². The lowest BCUT2D eigenvalue weighted by Gasteiger charge is -2.13. The Morgan fingerprint density at radius 3 is 3.00 bits per heavy atom. The van der Waals surface area contributed by atoms with Gasteiger partial charge in [0.1, 0.15) is 6.10 Å². The predicted octanol–water partition coefficient (Wildman–Crippen LogP) is 1.10. The van der Waals surface area contributed by atoms with Crippen molar-refractivity contribution in [3.05, 3.63) is 11.8 Å². The molecule has 0 spiro atoms. The minimum absolute atomic E-state index is 0.379. The molecule has 3 rings (SSSR count). The Kier molecular flexibility index (Phi) is 2.84. The molecular formula is C12H18N4O. The zero-order valence-electron chi connectivity index (χ0n) is 10.1. The fourth-order valence-electron chi connectivity index (χ4n) is 1.92. The van der Waals surface area contributed by atoms with Gasteiger partial charge in [0.2, 0.25) is 11.8 Å². The van der Waals surface area contributed by atoms with Crippen molar-refractivity contribution in [1.82, 2.24) is 15.3 Å². The van der Waals surface area contributed by atoms with Crippen LogP contribution in [0.25, 0.3) is 0 Å². The molecule has 5 heteroatoms. The number of rotatable bonds is 4. The van der Waals surface area contributed by atoms with Crippen LogP contribution in [-0.4, -0.2) is 35.2 Å². The fraction of sp³-hybridized carbons (Fsp3) is 0.667. The van der Waals surface area contributed by atoms with Crippen molar-refractivity contribution in [3.63, 3.8) is 0 Å². The van der Waals surface area contributed by atoms with Crippen molar-refractivity contribution in [1.29, 1.82) is 0 Å². The normalized spacial score (nSPS) is 23.7. The number of ether oxygens (including phenoxy) is 1. The van der Waals surface area contributed by atoms with E-state index in [1.807, 2.05) is 13.1 Å². The molecule has 1 saturated heterocycles. The molecule has 1 saturated carbocycles. The topological polar surface area (TPSA) is 59.1 Å². The Balaban J connectivity index is 1.70. The number of hydrogen-bond acceptors (Lipinski definition) is 5. The second-order valence-corrected chi connectivity index (χ2v) is 4.83. The van der Waals surface area contributed by atoms with Crippen molar-refractivity contribution in [2.24, 2.45) is 0 Å². The van der Waals surface area contributed by atoms with Crippen molar-refractivity contribution in [2.75, 3.05) is 18.4 Å².